The molecule has 0 spiro atoms. The lowest BCUT2D eigenvalue weighted by Gasteiger charge is -2.25. The number of hydrogen-bond donors (Lipinski definition) is 1. The van der Waals surface area contributed by atoms with Crippen LogP contribution in [-0.4, -0.2) is 58.0 Å². The third-order valence-corrected chi connectivity index (χ3v) is 7.27. The fourth-order valence-electron chi connectivity index (χ4n) is 3.45. The van der Waals surface area contributed by atoms with Crippen LogP contribution < -0.4 is 14.8 Å². The first-order valence-corrected chi connectivity index (χ1v) is 12.0. The zero-order chi connectivity index (χ0) is 24.0. The highest BCUT2D eigenvalue weighted by atomic mass is 32.2. The van der Waals surface area contributed by atoms with Crippen molar-refractivity contribution in [2.24, 2.45) is 0 Å². The van der Waals surface area contributed by atoms with E-state index in [-0.39, 0.29) is 16.2 Å². The van der Waals surface area contributed by atoms with Gasteiger partial charge >= 0.3 is 5.97 Å². The predicted octanol–water partition coefficient (Wildman–Crippen LogP) is 3.06. The van der Waals surface area contributed by atoms with Gasteiger partial charge in [-0.15, -0.1) is 0 Å². The van der Waals surface area contributed by atoms with Crippen molar-refractivity contribution in [3.63, 3.8) is 0 Å². The Morgan fingerprint density at radius 1 is 0.970 bits per heavy atom. The van der Waals surface area contributed by atoms with Crippen LogP contribution >= 0.6 is 0 Å². The molecule has 0 aliphatic carbocycles. The molecule has 1 heterocycles. The van der Waals surface area contributed by atoms with Crippen molar-refractivity contribution in [3.05, 3.63) is 48.0 Å². The van der Waals surface area contributed by atoms with Gasteiger partial charge in [-0.3, -0.25) is 4.79 Å². The average Bonchev–Trinajstić information content (AvgIpc) is 2.84. The molecule has 1 amide bonds. The van der Waals surface area contributed by atoms with E-state index in [1.165, 1.54) is 55.8 Å². The SMILES string of the molecule is COc1ccc(C(=O)OC(C)C(=O)Nc2ccc(S(=O)(=O)N3CCCCC3)cc2)c(OC)c1. The fraction of sp³-hybridized carbons (Fsp3) is 0.391. The number of methoxy groups -OCH3 is 2. The van der Waals surface area contributed by atoms with Crippen LogP contribution in [0, 0.1) is 0 Å². The zero-order valence-corrected chi connectivity index (χ0v) is 19.7. The summed E-state index contributed by atoms with van der Waals surface area (Å²) in [5, 5.41) is 2.63. The second-order valence-electron chi connectivity index (χ2n) is 7.59. The number of amides is 1. The molecule has 1 aliphatic rings. The first-order valence-electron chi connectivity index (χ1n) is 10.6. The van der Waals surface area contributed by atoms with Gasteiger partial charge in [0.05, 0.1) is 19.1 Å². The summed E-state index contributed by atoms with van der Waals surface area (Å²) in [6, 6.07) is 10.6. The standard InChI is InChI=1S/C23H28N2O7S/c1-16(32-23(27)20-12-9-18(30-2)15-21(20)31-3)22(26)24-17-7-10-19(11-8-17)33(28,29)25-13-5-4-6-14-25/h7-12,15-16H,4-6,13-14H2,1-3H3,(H,24,26). The lowest BCUT2D eigenvalue weighted by Crippen LogP contribution is -2.35. The number of nitrogens with one attached hydrogen (secondary N) is 1. The van der Waals surface area contributed by atoms with E-state index in [2.05, 4.69) is 5.32 Å². The molecule has 178 valence electrons. The average molecular weight is 477 g/mol. The van der Waals surface area contributed by atoms with Crippen LogP contribution in [0.3, 0.4) is 0 Å². The second kappa shape index (κ2) is 10.7. The Kier molecular flexibility index (Phi) is 7.93. The minimum absolute atomic E-state index is 0.158. The van der Waals surface area contributed by atoms with E-state index in [9.17, 15) is 18.0 Å². The smallest absolute Gasteiger partial charge is 0.342 e. The van der Waals surface area contributed by atoms with Crippen molar-refractivity contribution < 1.29 is 32.2 Å². The summed E-state index contributed by atoms with van der Waals surface area (Å²) >= 11 is 0. The van der Waals surface area contributed by atoms with Gasteiger partial charge in [-0.05, 0) is 56.2 Å². The summed E-state index contributed by atoms with van der Waals surface area (Å²) in [6.07, 6.45) is 1.64. The molecule has 9 nitrogen and oxygen atoms in total. The largest absolute Gasteiger partial charge is 0.497 e. The highest BCUT2D eigenvalue weighted by molar-refractivity contribution is 7.89. The van der Waals surface area contributed by atoms with Crippen LogP contribution in [-0.2, 0) is 19.6 Å². The fourth-order valence-corrected chi connectivity index (χ4v) is 4.97. The zero-order valence-electron chi connectivity index (χ0n) is 18.9. The van der Waals surface area contributed by atoms with Gasteiger partial charge in [0.1, 0.15) is 17.1 Å². The van der Waals surface area contributed by atoms with E-state index in [0.29, 0.717) is 24.5 Å². The minimum atomic E-state index is -3.55. The molecule has 1 atom stereocenters. The summed E-state index contributed by atoms with van der Waals surface area (Å²) < 4.78 is 42.5. The van der Waals surface area contributed by atoms with Gasteiger partial charge in [-0.1, -0.05) is 6.42 Å². The van der Waals surface area contributed by atoms with Crippen molar-refractivity contribution in [2.75, 3.05) is 32.6 Å². The quantitative estimate of drug-likeness (QED) is 0.583. The third-order valence-electron chi connectivity index (χ3n) is 5.36. The molecule has 0 bridgehead atoms. The molecule has 0 saturated carbocycles. The van der Waals surface area contributed by atoms with Crippen molar-refractivity contribution in [1.29, 1.82) is 0 Å². The summed E-state index contributed by atoms with van der Waals surface area (Å²) in [6.45, 7) is 2.48. The molecule has 1 N–H and O–H groups in total. The summed E-state index contributed by atoms with van der Waals surface area (Å²) in [5.41, 5.74) is 0.549. The summed E-state index contributed by atoms with van der Waals surface area (Å²) in [5.74, 6) is -0.500. The number of anilines is 1. The lowest BCUT2D eigenvalue weighted by atomic mass is 10.2. The monoisotopic (exact) mass is 476 g/mol. The molecule has 0 radical (unpaired) electrons. The molecule has 3 rings (SSSR count). The molecule has 1 fully saturated rings. The molecule has 1 aliphatic heterocycles. The van der Waals surface area contributed by atoms with E-state index in [1.807, 2.05) is 0 Å². The minimum Gasteiger partial charge on any atom is -0.497 e. The summed E-state index contributed by atoms with van der Waals surface area (Å²) in [4.78, 5) is 25.2. The van der Waals surface area contributed by atoms with E-state index in [0.717, 1.165) is 19.3 Å². The van der Waals surface area contributed by atoms with Crippen LogP contribution in [0.15, 0.2) is 47.4 Å². The van der Waals surface area contributed by atoms with Gasteiger partial charge in [0.2, 0.25) is 10.0 Å². The highest BCUT2D eigenvalue weighted by Crippen LogP contribution is 2.26. The molecule has 2 aromatic carbocycles. The Hall–Kier alpha value is -3.11. The molecule has 10 heteroatoms. The predicted molar refractivity (Wildman–Crippen MR) is 122 cm³/mol. The van der Waals surface area contributed by atoms with Crippen molar-refractivity contribution >= 4 is 27.6 Å². The second-order valence-corrected chi connectivity index (χ2v) is 9.53. The Morgan fingerprint density at radius 3 is 2.24 bits per heavy atom. The van der Waals surface area contributed by atoms with Crippen molar-refractivity contribution in [2.45, 2.75) is 37.2 Å². The highest BCUT2D eigenvalue weighted by Gasteiger charge is 2.26. The number of benzene rings is 2. The molecule has 33 heavy (non-hydrogen) atoms. The van der Waals surface area contributed by atoms with E-state index in [4.69, 9.17) is 14.2 Å². The number of carbonyl (C=O) groups is 2. The van der Waals surface area contributed by atoms with E-state index < -0.39 is 28.0 Å². The number of sulfonamides is 1. The van der Waals surface area contributed by atoms with Crippen molar-refractivity contribution in [3.8, 4) is 11.5 Å². The van der Waals surface area contributed by atoms with Crippen LogP contribution in [0.2, 0.25) is 0 Å². The number of nitrogens with zero attached hydrogens (tertiary/aromatic N) is 1. The van der Waals surface area contributed by atoms with Gasteiger partial charge in [-0.25, -0.2) is 13.2 Å². The van der Waals surface area contributed by atoms with Crippen LogP contribution in [0.4, 0.5) is 5.69 Å². The Balaban J connectivity index is 1.62. The third kappa shape index (κ3) is 5.82. The van der Waals surface area contributed by atoms with E-state index in [1.54, 1.807) is 12.1 Å². The molecule has 1 unspecified atom stereocenters. The first kappa shape index (κ1) is 24.5. The van der Waals surface area contributed by atoms with Crippen molar-refractivity contribution in [1.82, 2.24) is 4.31 Å². The number of esters is 1. The van der Waals surface area contributed by atoms with Crippen LogP contribution in [0.5, 0.6) is 11.5 Å². The normalized spacial score (nSPS) is 15.4. The lowest BCUT2D eigenvalue weighted by molar-refractivity contribution is -0.123. The first-order chi connectivity index (χ1) is 15.8. The number of piperidine rings is 1. The number of ether oxygens (including phenoxy) is 3. The Labute approximate surface area is 193 Å². The van der Waals surface area contributed by atoms with Gasteiger partial charge < -0.3 is 19.5 Å². The molecular weight excluding hydrogens is 448 g/mol. The number of carbonyl (C=O) groups excluding carboxylic acids is 2. The maximum absolute atomic E-state index is 12.7. The molecular formula is C23H28N2O7S. The maximum Gasteiger partial charge on any atom is 0.342 e. The van der Waals surface area contributed by atoms with Crippen LogP contribution in [0.1, 0.15) is 36.5 Å². The number of rotatable bonds is 8. The Morgan fingerprint density at radius 2 is 1.64 bits per heavy atom. The maximum atomic E-state index is 12.7. The molecule has 0 aromatic heterocycles. The van der Waals surface area contributed by atoms with Gasteiger partial charge in [0.15, 0.2) is 6.10 Å². The van der Waals surface area contributed by atoms with E-state index >= 15 is 0 Å². The Bertz CT molecular complexity index is 1090. The van der Waals surface area contributed by atoms with Gasteiger partial charge in [0.25, 0.3) is 5.91 Å². The molecule has 2 aromatic rings. The molecule has 1 saturated heterocycles. The van der Waals surface area contributed by atoms with Gasteiger partial charge in [0, 0.05) is 24.8 Å². The van der Waals surface area contributed by atoms with Gasteiger partial charge in [-0.2, -0.15) is 4.31 Å². The summed E-state index contributed by atoms with van der Waals surface area (Å²) in [7, 11) is -0.643. The topological polar surface area (TPSA) is 111 Å². The number of hydrogen-bond acceptors (Lipinski definition) is 7. The van der Waals surface area contributed by atoms with Crippen LogP contribution in [0.25, 0.3) is 0 Å².